The Bertz CT molecular complexity index is 212. The molecular weight excluding hydrogens is 166 g/mol. The molecule has 1 aliphatic carbocycles. The first-order valence-electron chi connectivity index (χ1n) is 4.71. The fourth-order valence-corrected chi connectivity index (χ4v) is 2.44. The van der Waals surface area contributed by atoms with Crippen LogP contribution in [0.5, 0.6) is 0 Å². The summed E-state index contributed by atoms with van der Waals surface area (Å²) in [7, 11) is 0. The van der Waals surface area contributed by atoms with Gasteiger partial charge in [-0.2, -0.15) is 0 Å². The van der Waals surface area contributed by atoms with Crippen molar-refractivity contribution in [1.82, 2.24) is 5.32 Å². The Balaban J connectivity index is 1.74. The molecule has 0 aliphatic heterocycles. The van der Waals surface area contributed by atoms with Crippen LogP contribution in [0, 0.1) is 0 Å². The highest BCUT2D eigenvalue weighted by molar-refractivity contribution is 7.09. The van der Waals surface area contributed by atoms with E-state index in [0.717, 1.165) is 12.6 Å². The Morgan fingerprint density at radius 2 is 2.25 bits per heavy atom. The van der Waals surface area contributed by atoms with Crippen LogP contribution in [0.4, 0.5) is 0 Å². The molecule has 1 fully saturated rings. The van der Waals surface area contributed by atoms with Crippen LogP contribution < -0.4 is 5.32 Å². The highest BCUT2D eigenvalue weighted by Gasteiger charge is 2.13. The van der Waals surface area contributed by atoms with E-state index in [4.69, 9.17) is 0 Å². The van der Waals surface area contributed by atoms with Crippen molar-refractivity contribution < 1.29 is 0 Å². The van der Waals surface area contributed by atoms with E-state index in [2.05, 4.69) is 22.8 Å². The maximum absolute atomic E-state index is 3.59. The monoisotopic (exact) mass is 181 g/mol. The highest BCUT2D eigenvalue weighted by Crippen LogP contribution is 2.18. The third kappa shape index (κ3) is 2.08. The van der Waals surface area contributed by atoms with Gasteiger partial charge >= 0.3 is 0 Å². The number of nitrogens with one attached hydrogen (secondary N) is 1. The molecular formula is C10H15NS. The van der Waals surface area contributed by atoms with Gasteiger partial charge in [-0.3, -0.25) is 0 Å². The summed E-state index contributed by atoms with van der Waals surface area (Å²) < 4.78 is 0. The van der Waals surface area contributed by atoms with Gasteiger partial charge in [0, 0.05) is 17.5 Å². The van der Waals surface area contributed by atoms with Gasteiger partial charge in [0.2, 0.25) is 0 Å². The molecule has 0 atom stereocenters. The predicted octanol–water partition coefficient (Wildman–Crippen LogP) is 2.78. The van der Waals surface area contributed by atoms with E-state index in [-0.39, 0.29) is 0 Å². The molecule has 0 saturated heterocycles. The average molecular weight is 181 g/mol. The molecule has 0 radical (unpaired) electrons. The quantitative estimate of drug-likeness (QED) is 0.756. The molecule has 0 aromatic carbocycles. The van der Waals surface area contributed by atoms with Crippen molar-refractivity contribution in [2.45, 2.75) is 38.3 Å². The van der Waals surface area contributed by atoms with Crippen LogP contribution in [-0.4, -0.2) is 6.04 Å². The topological polar surface area (TPSA) is 12.0 Å². The van der Waals surface area contributed by atoms with Crippen molar-refractivity contribution in [2.24, 2.45) is 0 Å². The Labute approximate surface area is 77.8 Å². The van der Waals surface area contributed by atoms with Crippen molar-refractivity contribution in [3.8, 4) is 0 Å². The van der Waals surface area contributed by atoms with E-state index in [1.165, 1.54) is 30.6 Å². The lowest BCUT2D eigenvalue weighted by molar-refractivity contribution is 0.527. The minimum atomic E-state index is 0.798. The molecule has 1 aromatic rings. The van der Waals surface area contributed by atoms with Gasteiger partial charge in [0.25, 0.3) is 0 Å². The second-order valence-corrected chi connectivity index (χ2v) is 4.47. The summed E-state index contributed by atoms with van der Waals surface area (Å²) in [5.41, 5.74) is 0. The van der Waals surface area contributed by atoms with E-state index in [0.29, 0.717) is 0 Å². The number of hydrogen-bond acceptors (Lipinski definition) is 2. The largest absolute Gasteiger partial charge is 0.309 e. The van der Waals surface area contributed by atoms with E-state index in [1.54, 1.807) is 0 Å². The fourth-order valence-electron chi connectivity index (χ4n) is 1.79. The van der Waals surface area contributed by atoms with Crippen molar-refractivity contribution in [1.29, 1.82) is 0 Å². The summed E-state index contributed by atoms with van der Waals surface area (Å²) >= 11 is 1.84. The van der Waals surface area contributed by atoms with Crippen LogP contribution in [-0.2, 0) is 6.54 Å². The second kappa shape index (κ2) is 4.06. The first kappa shape index (κ1) is 8.27. The summed E-state index contributed by atoms with van der Waals surface area (Å²) in [6.07, 6.45) is 5.60. The maximum Gasteiger partial charge on any atom is 0.0302 e. The van der Waals surface area contributed by atoms with E-state index < -0.39 is 0 Å². The Kier molecular flexibility index (Phi) is 2.79. The average Bonchev–Trinajstić information content (AvgIpc) is 2.74. The third-order valence-electron chi connectivity index (χ3n) is 2.50. The van der Waals surface area contributed by atoms with Gasteiger partial charge < -0.3 is 5.32 Å². The van der Waals surface area contributed by atoms with Crippen LogP contribution in [0.25, 0.3) is 0 Å². The van der Waals surface area contributed by atoms with E-state index >= 15 is 0 Å². The smallest absolute Gasteiger partial charge is 0.0302 e. The fraction of sp³-hybridized carbons (Fsp3) is 0.600. The SMILES string of the molecule is c1csc(CNC2CCCC2)c1. The lowest BCUT2D eigenvalue weighted by Crippen LogP contribution is -2.24. The molecule has 1 aromatic heterocycles. The summed E-state index contributed by atoms with van der Waals surface area (Å²) in [5, 5.41) is 5.74. The zero-order valence-electron chi connectivity index (χ0n) is 7.25. The van der Waals surface area contributed by atoms with Gasteiger partial charge in [-0.25, -0.2) is 0 Å². The summed E-state index contributed by atoms with van der Waals surface area (Å²) in [4.78, 5) is 1.46. The molecule has 66 valence electrons. The molecule has 12 heavy (non-hydrogen) atoms. The van der Waals surface area contributed by atoms with E-state index in [1.807, 2.05) is 11.3 Å². The van der Waals surface area contributed by atoms with Gasteiger partial charge in [0.1, 0.15) is 0 Å². The molecule has 0 amide bonds. The zero-order chi connectivity index (χ0) is 8.23. The predicted molar refractivity (Wildman–Crippen MR) is 53.4 cm³/mol. The van der Waals surface area contributed by atoms with Crippen molar-refractivity contribution >= 4 is 11.3 Å². The molecule has 2 rings (SSSR count). The number of thiophene rings is 1. The Morgan fingerprint density at radius 3 is 2.92 bits per heavy atom. The van der Waals surface area contributed by atoms with E-state index in [9.17, 15) is 0 Å². The zero-order valence-corrected chi connectivity index (χ0v) is 8.07. The third-order valence-corrected chi connectivity index (χ3v) is 3.38. The molecule has 0 unspecified atom stereocenters. The molecule has 0 bridgehead atoms. The van der Waals surface area contributed by atoms with Crippen molar-refractivity contribution in [3.05, 3.63) is 22.4 Å². The van der Waals surface area contributed by atoms with Gasteiger partial charge in [-0.15, -0.1) is 11.3 Å². The molecule has 0 spiro atoms. The van der Waals surface area contributed by atoms with Gasteiger partial charge in [-0.05, 0) is 24.3 Å². The highest BCUT2D eigenvalue weighted by atomic mass is 32.1. The molecule has 1 aliphatic rings. The van der Waals surface area contributed by atoms with Crippen LogP contribution in [0.1, 0.15) is 30.6 Å². The minimum Gasteiger partial charge on any atom is -0.309 e. The van der Waals surface area contributed by atoms with Crippen molar-refractivity contribution in [2.75, 3.05) is 0 Å². The minimum absolute atomic E-state index is 0.798. The number of rotatable bonds is 3. The molecule has 2 heteroatoms. The van der Waals surface area contributed by atoms with Crippen molar-refractivity contribution in [3.63, 3.8) is 0 Å². The van der Waals surface area contributed by atoms with Gasteiger partial charge in [0.05, 0.1) is 0 Å². The Hall–Kier alpha value is -0.340. The lowest BCUT2D eigenvalue weighted by atomic mass is 10.2. The first-order valence-corrected chi connectivity index (χ1v) is 5.59. The summed E-state index contributed by atoms with van der Waals surface area (Å²) in [5.74, 6) is 0. The Morgan fingerprint density at radius 1 is 1.42 bits per heavy atom. The molecule has 1 heterocycles. The summed E-state index contributed by atoms with van der Waals surface area (Å²) in [6, 6.07) is 5.12. The van der Waals surface area contributed by atoms with Crippen LogP contribution in [0.15, 0.2) is 17.5 Å². The lowest BCUT2D eigenvalue weighted by Gasteiger charge is -2.09. The molecule has 1 saturated carbocycles. The summed E-state index contributed by atoms with van der Waals surface area (Å²) in [6.45, 7) is 1.07. The number of hydrogen-bond donors (Lipinski definition) is 1. The van der Waals surface area contributed by atoms with Crippen LogP contribution >= 0.6 is 11.3 Å². The van der Waals surface area contributed by atoms with Crippen LogP contribution in [0.2, 0.25) is 0 Å². The molecule has 1 N–H and O–H groups in total. The normalized spacial score (nSPS) is 18.7. The standard InChI is InChI=1S/C10H15NS/c1-2-5-9(4-1)11-8-10-6-3-7-12-10/h3,6-7,9,11H,1-2,4-5,8H2. The van der Waals surface area contributed by atoms with Gasteiger partial charge in [-0.1, -0.05) is 18.9 Å². The second-order valence-electron chi connectivity index (χ2n) is 3.44. The van der Waals surface area contributed by atoms with Gasteiger partial charge in [0.15, 0.2) is 0 Å². The first-order chi connectivity index (χ1) is 5.95. The maximum atomic E-state index is 3.59. The van der Waals surface area contributed by atoms with Crippen LogP contribution in [0.3, 0.4) is 0 Å². The molecule has 1 nitrogen and oxygen atoms in total.